The smallest absolute Gasteiger partial charge is 0.185 e. The summed E-state index contributed by atoms with van der Waals surface area (Å²) >= 11 is 1.79. The molecule has 0 fully saturated rings. The molecule has 15 heavy (non-hydrogen) atoms. The van der Waals surface area contributed by atoms with Crippen LogP contribution in [-0.2, 0) is 6.54 Å². The molecule has 3 nitrogen and oxygen atoms in total. The Balaban J connectivity index is 2.72. The molecule has 0 bridgehead atoms. The zero-order valence-electron chi connectivity index (χ0n) is 10.1. The Morgan fingerprint density at radius 3 is 2.80 bits per heavy atom. The van der Waals surface area contributed by atoms with Crippen LogP contribution in [0.4, 0.5) is 5.13 Å². The van der Waals surface area contributed by atoms with Gasteiger partial charge in [-0.15, -0.1) is 11.3 Å². The number of hydrogen-bond acceptors (Lipinski definition) is 4. The van der Waals surface area contributed by atoms with E-state index in [1.54, 1.807) is 11.3 Å². The van der Waals surface area contributed by atoms with Crippen LogP contribution in [-0.4, -0.2) is 24.6 Å². The van der Waals surface area contributed by atoms with E-state index >= 15 is 0 Å². The maximum Gasteiger partial charge on any atom is 0.185 e. The van der Waals surface area contributed by atoms with Gasteiger partial charge in [-0.25, -0.2) is 4.98 Å². The summed E-state index contributed by atoms with van der Waals surface area (Å²) in [6, 6.07) is 0.526. The Morgan fingerprint density at radius 2 is 2.27 bits per heavy atom. The maximum absolute atomic E-state index is 4.48. The van der Waals surface area contributed by atoms with Crippen molar-refractivity contribution in [1.82, 2.24) is 10.3 Å². The summed E-state index contributed by atoms with van der Waals surface area (Å²) in [5.41, 5.74) is 0. The van der Waals surface area contributed by atoms with Gasteiger partial charge in [-0.1, -0.05) is 6.92 Å². The SMILES string of the molecule is CCCN(c1ncc(CNC)s1)C(C)C. The highest BCUT2D eigenvalue weighted by atomic mass is 32.1. The lowest BCUT2D eigenvalue weighted by atomic mass is 10.3. The molecule has 4 heteroatoms. The van der Waals surface area contributed by atoms with Crippen molar-refractivity contribution in [3.05, 3.63) is 11.1 Å². The van der Waals surface area contributed by atoms with Crippen LogP contribution < -0.4 is 10.2 Å². The minimum absolute atomic E-state index is 0.526. The summed E-state index contributed by atoms with van der Waals surface area (Å²) in [4.78, 5) is 8.14. The second-order valence-corrected chi connectivity index (χ2v) is 5.02. The third-order valence-corrected chi connectivity index (χ3v) is 3.26. The van der Waals surface area contributed by atoms with E-state index in [2.05, 4.69) is 36.0 Å². The molecule has 0 atom stereocenters. The van der Waals surface area contributed by atoms with Crippen molar-refractivity contribution in [2.45, 2.75) is 39.8 Å². The molecule has 0 aromatic carbocycles. The molecule has 0 aliphatic rings. The van der Waals surface area contributed by atoms with Crippen molar-refractivity contribution in [1.29, 1.82) is 0 Å². The Bertz CT molecular complexity index is 283. The van der Waals surface area contributed by atoms with Crippen LogP contribution in [0.25, 0.3) is 0 Å². The lowest BCUT2D eigenvalue weighted by Gasteiger charge is -2.25. The number of anilines is 1. The Labute approximate surface area is 96.5 Å². The van der Waals surface area contributed by atoms with Crippen LogP contribution in [0.1, 0.15) is 32.1 Å². The highest BCUT2D eigenvalue weighted by molar-refractivity contribution is 7.15. The molecule has 0 aliphatic heterocycles. The normalized spacial score (nSPS) is 11.0. The molecule has 1 rings (SSSR count). The van der Waals surface area contributed by atoms with E-state index in [0.717, 1.165) is 18.2 Å². The van der Waals surface area contributed by atoms with Gasteiger partial charge in [0.1, 0.15) is 0 Å². The van der Waals surface area contributed by atoms with Crippen LogP contribution in [0.15, 0.2) is 6.20 Å². The number of nitrogens with one attached hydrogen (secondary N) is 1. The average Bonchev–Trinajstić information content (AvgIpc) is 2.62. The number of rotatable bonds is 6. The summed E-state index contributed by atoms with van der Waals surface area (Å²) in [5.74, 6) is 0. The van der Waals surface area contributed by atoms with Crippen LogP contribution >= 0.6 is 11.3 Å². The van der Waals surface area contributed by atoms with Gasteiger partial charge in [0.2, 0.25) is 0 Å². The minimum Gasteiger partial charge on any atom is -0.346 e. The largest absolute Gasteiger partial charge is 0.346 e. The van der Waals surface area contributed by atoms with Crippen LogP contribution in [0, 0.1) is 0 Å². The fourth-order valence-corrected chi connectivity index (χ4v) is 2.58. The second-order valence-electron chi connectivity index (χ2n) is 3.93. The Morgan fingerprint density at radius 1 is 1.53 bits per heavy atom. The van der Waals surface area contributed by atoms with E-state index < -0.39 is 0 Å². The third-order valence-electron chi connectivity index (χ3n) is 2.23. The maximum atomic E-state index is 4.48. The number of nitrogens with zero attached hydrogens (tertiary/aromatic N) is 2. The standard InChI is InChI=1S/C11H21N3S/c1-5-6-14(9(2)3)11-13-8-10(15-11)7-12-4/h8-9,12H,5-7H2,1-4H3. The highest BCUT2D eigenvalue weighted by Gasteiger charge is 2.13. The van der Waals surface area contributed by atoms with Gasteiger partial charge in [0, 0.05) is 30.2 Å². The molecule has 0 saturated heterocycles. The van der Waals surface area contributed by atoms with Crippen molar-refractivity contribution in [3.8, 4) is 0 Å². The highest BCUT2D eigenvalue weighted by Crippen LogP contribution is 2.24. The summed E-state index contributed by atoms with van der Waals surface area (Å²) in [6.07, 6.45) is 3.14. The molecule has 1 heterocycles. The number of hydrogen-bond donors (Lipinski definition) is 1. The van der Waals surface area contributed by atoms with Gasteiger partial charge in [-0.3, -0.25) is 0 Å². The quantitative estimate of drug-likeness (QED) is 0.809. The van der Waals surface area contributed by atoms with E-state index in [-0.39, 0.29) is 0 Å². The van der Waals surface area contributed by atoms with E-state index in [4.69, 9.17) is 0 Å². The fraction of sp³-hybridized carbons (Fsp3) is 0.727. The molecule has 0 amide bonds. The van der Waals surface area contributed by atoms with E-state index in [0.29, 0.717) is 6.04 Å². The first kappa shape index (κ1) is 12.5. The predicted octanol–water partition coefficient (Wildman–Crippen LogP) is 2.49. The van der Waals surface area contributed by atoms with Crippen molar-refractivity contribution < 1.29 is 0 Å². The first-order valence-corrected chi connectivity index (χ1v) is 6.36. The van der Waals surface area contributed by atoms with Crippen molar-refractivity contribution in [3.63, 3.8) is 0 Å². The van der Waals surface area contributed by atoms with Crippen LogP contribution in [0.2, 0.25) is 0 Å². The summed E-state index contributed by atoms with van der Waals surface area (Å²) < 4.78 is 0. The number of aromatic nitrogens is 1. The molecule has 1 aromatic heterocycles. The summed E-state index contributed by atoms with van der Waals surface area (Å²) in [6.45, 7) is 8.64. The van der Waals surface area contributed by atoms with Crippen molar-refractivity contribution >= 4 is 16.5 Å². The van der Waals surface area contributed by atoms with Gasteiger partial charge in [0.05, 0.1) is 0 Å². The average molecular weight is 227 g/mol. The molecular weight excluding hydrogens is 206 g/mol. The second kappa shape index (κ2) is 6.08. The van der Waals surface area contributed by atoms with Gasteiger partial charge < -0.3 is 10.2 Å². The predicted molar refractivity (Wildman–Crippen MR) is 67.7 cm³/mol. The lowest BCUT2D eigenvalue weighted by Crippen LogP contribution is -2.31. The topological polar surface area (TPSA) is 28.2 Å². The van der Waals surface area contributed by atoms with E-state index in [1.165, 1.54) is 11.3 Å². The zero-order chi connectivity index (χ0) is 11.3. The van der Waals surface area contributed by atoms with Crippen molar-refractivity contribution in [2.24, 2.45) is 0 Å². The molecule has 0 spiro atoms. The third kappa shape index (κ3) is 3.47. The molecular formula is C11H21N3S. The van der Waals surface area contributed by atoms with E-state index in [1.807, 2.05) is 13.2 Å². The van der Waals surface area contributed by atoms with E-state index in [9.17, 15) is 0 Å². The monoisotopic (exact) mass is 227 g/mol. The van der Waals surface area contributed by atoms with Gasteiger partial charge in [0.15, 0.2) is 5.13 Å². The molecule has 0 saturated carbocycles. The molecule has 0 unspecified atom stereocenters. The summed E-state index contributed by atoms with van der Waals surface area (Å²) in [7, 11) is 1.96. The van der Waals surface area contributed by atoms with Gasteiger partial charge in [-0.05, 0) is 27.3 Å². The van der Waals surface area contributed by atoms with Crippen LogP contribution in [0.3, 0.4) is 0 Å². The lowest BCUT2D eigenvalue weighted by molar-refractivity contribution is 0.669. The molecule has 1 aromatic rings. The molecule has 86 valence electrons. The van der Waals surface area contributed by atoms with Crippen LogP contribution in [0.5, 0.6) is 0 Å². The zero-order valence-corrected chi connectivity index (χ0v) is 10.9. The van der Waals surface area contributed by atoms with Gasteiger partial charge in [-0.2, -0.15) is 0 Å². The summed E-state index contributed by atoms with van der Waals surface area (Å²) in [5, 5.41) is 4.30. The van der Waals surface area contributed by atoms with Gasteiger partial charge >= 0.3 is 0 Å². The number of thiazole rings is 1. The molecule has 0 aliphatic carbocycles. The fourth-order valence-electron chi connectivity index (χ4n) is 1.50. The van der Waals surface area contributed by atoms with Crippen molar-refractivity contribution in [2.75, 3.05) is 18.5 Å². The molecule has 0 radical (unpaired) electrons. The first-order chi connectivity index (χ1) is 7.19. The Kier molecular flexibility index (Phi) is 5.05. The molecule has 1 N–H and O–H groups in total. The van der Waals surface area contributed by atoms with Gasteiger partial charge in [0.25, 0.3) is 0 Å². The minimum atomic E-state index is 0.526. The first-order valence-electron chi connectivity index (χ1n) is 5.55. The Hall–Kier alpha value is -0.610.